The number of nitrogens with two attached hydrogens (primary N) is 1. The molecule has 0 radical (unpaired) electrons. The van der Waals surface area contributed by atoms with Gasteiger partial charge in [0.15, 0.2) is 0 Å². The van der Waals surface area contributed by atoms with Crippen LogP contribution in [0.15, 0.2) is 66.7 Å². The largest absolute Gasteiger partial charge is 0.481 e. The third-order valence-corrected chi connectivity index (χ3v) is 6.14. The van der Waals surface area contributed by atoms with Crippen LogP contribution < -0.4 is 16.0 Å². The van der Waals surface area contributed by atoms with E-state index in [1.54, 1.807) is 24.3 Å². The molecule has 0 atom stereocenters. The number of nitrogen functional groups attached to an aromatic ring is 1. The standard InChI is InChI=1S/C28H30N6O3/c1-3-33-24-12-9-20(28(37)34(14-13-26(35)36)22-6-4-5-18(2)15-22)16-23(24)32-25(33)17-31-21-10-7-19(8-11-21)27(29)30/h4-12,15-16,31H,3,13-14,17H2,1-2H3,(H3,29,30)(H,35,36). The zero-order valence-corrected chi connectivity index (χ0v) is 20.9. The predicted molar refractivity (Wildman–Crippen MR) is 145 cm³/mol. The van der Waals surface area contributed by atoms with Gasteiger partial charge in [0.25, 0.3) is 5.91 Å². The number of aliphatic carboxylic acids is 1. The summed E-state index contributed by atoms with van der Waals surface area (Å²) in [6.45, 7) is 5.21. The number of amidine groups is 1. The number of fused-ring (bicyclic) bond motifs is 1. The molecule has 4 rings (SSSR count). The number of nitrogens with one attached hydrogen (secondary N) is 2. The number of hydrogen-bond acceptors (Lipinski definition) is 5. The van der Waals surface area contributed by atoms with Crippen molar-refractivity contribution < 1.29 is 14.7 Å². The Morgan fingerprint density at radius 2 is 1.81 bits per heavy atom. The average molecular weight is 499 g/mol. The summed E-state index contributed by atoms with van der Waals surface area (Å²) in [4.78, 5) is 31.1. The predicted octanol–water partition coefficient (Wildman–Crippen LogP) is 4.38. The topological polar surface area (TPSA) is 137 Å². The highest BCUT2D eigenvalue weighted by Gasteiger charge is 2.20. The summed E-state index contributed by atoms with van der Waals surface area (Å²) >= 11 is 0. The summed E-state index contributed by atoms with van der Waals surface area (Å²) in [5.74, 6) is -0.395. The number of aromatic nitrogens is 2. The van der Waals surface area contributed by atoms with Gasteiger partial charge < -0.3 is 25.6 Å². The first-order chi connectivity index (χ1) is 17.8. The normalized spacial score (nSPS) is 10.9. The minimum Gasteiger partial charge on any atom is -0.481 e. The third-order valence-electron chi connectivity index (χ3n) is 6.14. The number of aryl methyl sites for hydroxylation is 2. The third kappa shape index (κ3) is 5.78. The van der Waals surface area contributed by atoms with Crippen LogP contribution in [0.2, 0.25) is 0 Å². The van der Waals surface area contributed by atoms with Crippen molar-refractivity contribution in [2.45, 2.75) is 33.4 Å². The Hall–Kier alpha value is -4.66. The molecule has 3 aromatic carbocycles. The second-order valence-electron chi connectivity index (χ2n) is 8.76. The summed E-state index contributed by atoms with van der Waals surface area (Å²) in [6.07, 6.45) is -0.157. The molecule has 1 aromatic heterocycles. The number of hydrogen-bond donors (Lipinski definition) is 4. The molecule has 9 nitrogen and oxygen atoms in total. The van der Waals surface area contributed by atoms with E-state index in [0.29, 0.717) is 35.4 Å². The fraction of sp³-hybridized carbons (Fsp3) is 0.214. The summed E-state index contributed by atoms with van der Waals surface area (Å²) in [6, 6.07) is 20.2. The number of carbonyl (C=O) groups excluding carboxylic acids is 1. The van der Waals surface area contributed by atoms with Crippen LogP contribution in [0.3, 0.4) is 0 Å². The second kappa shape index (κ2) is 10.9. The maximum Gasteiger partial charge on any atom is 0.305 e. The smallest absolute Gasteiger partial charge is 0.305 e. The van der Waals surface area contributed by atoms with Gasteiger partial charge >= 0.3 is 5.97 Å². The molecule has 0 spiro atoms. The van der Waals surface area contributed by atoms with E-state index >= 15 is 0 Å². The molecule has 0 saturated carbocycles. The zero-order valence-electron chi connectivity index (χ0n) is 20.9. The molecule has 5 N–H and O–H groups in total. The highest BCUT2D eigenvalue weighted by molar-refractivity contribution is 6.07. The number of carboxylic acids is 1. The summed E-state index contributed by atoms with van der Waals surface area (Å²) < 4.78 is 2.09. The van der Waals surface area contributed by atoms with Crippen molar-refractivity contribution >= 4 is 40.1 Å². The number of amides is 1. The zero-order chi connectivity index (χ0) is 26.5. The SMILES string of the molecule is CCn1c(CNc2ccc(C(=N)N)cc2)nc2cc(C(=O)N(CCC(=O)O)c3cccc(C)c3)ccc21. The number of benzene rings is 3. The van der Waals surface area contributed by atoms with Crippen molar-refractivity contribution in [3.8, 4) is 0 Å². The first kappa shape index (κ1) is 25.4. The molecule has 0 bridgehead atoms. The highest BCUT2D eigenvalue weighted by Crippen LogP contribution is 2.23. The molecule has 0 aliphatic rings. The van der Waals surface area contributed by atoms with Crippen LogP contribution in [0.1, 0.15) is 40.7 Å². The van der Waals surface area contributed by atoms with E-state index in [9.17, 15) is 14.7 Å². The Kier molecular flexibility index (Phi) is 7.52. The van der Waals surface area contributed by atoms with Gasteiger partial charge in [0.1, 0.15) is 11.7 Å². The molecule has 9 heteroatoms. The van der Waals surface area contributed by atoms with Crippen LogP contribution in [-0.4, -0.2) is 38.9 Å². The summed E-state index contributed by atoms with van der Waals surface area (Å²) in [5, 5.41) is 20.1. The van der Waals surface area contributed by atoms with Gasteiger partial charge in [0.05, 0.1) is 24.0 Å². The first-order valence-electron chi connectivity index (χ1n) is 12.0. The number of carboxylic acid groups (broad SMARTS) is 1. The Bertz CT molecular complexity index is 1460. The molecular formula is C28H30N6O3. The highest BCUT2D eigenvalue weighted by atomic mass is 16.4. The molecule has 0 unspecified atom stereocenters. The molecule has 0 fully saturated rings. The molecular weight excluding hydrogens is 468 g/mol. The molecule has 0 aliphatic carbocycles. The number of nitrogens with zero attached hydrogens (tertiary/aromatic N) is 3. The lowest BCUT2D eigenvalue weighted by atomic mass is 10.1. The van der Waals surface area contributed by atoms with E-state index in [4.69, 9.17) is 16.1 Å². The van der Waals surface area contributed by atoms with E-state index in [1.165, 1.54) is 4.90 Å². The van der Waals surface area contributed by atoms with Crippen LogP contribution in [-0.2, 0) is 17.9 Å². The Labute approximate surface area is 215 Å². The summed E-state index contributed by atoms with van der Waals surface area (Å²) in [7, 11) is 0. The van der Waals surface area contributed by atoms with Crippen molar-refractivity contribution in [1.29, 1.82) is 5.41 Å². The molecule has 4 aromatic rings. The molecule has 0 saturated heterocycles. The molecule has 1 amide bonds. The lowest BCUT2D eigenvalue weighted by Gasteiger charge is -2.22. The van der Waals surface area contributed by atoms with Crippen LogP contribution in [0.4, 0.5) is 11.4 Å². The number of rotatable bonds is 10. The van der Waals surface area contributed by atoms with Crippen molar-refractivity contribution in [2.24, 2.45) is 5.73 Å². The fourth-order valence-corrected chi connectivity index (χ4v) is 4.26. The Balaban J connectivity index is 1.60. The Morgan fingerprint density at radius 3 is 2.46 bits per heavy atom. The minimum atomic E-state index is -0.962. The fourth-order valence-electron chi connectivity index (χ4n) is 4.26. The number of imidazole rings is 1. The van der Waals surface area contributed by atoms with E-state index in [-0.39, 0.29) is 24.7 Å². The molecule has 0 aliphatic heterocycles. The summed E-state index contributed by atoms with van der Waals surface area (Å²) in [5.41, 5.74) is 10.8. The monoisotopic (exact) mass is 498 g/mol. The van der Waals surface area contributed by atoms with Gasteiger partial charge in [0.2, 0.25) is 0 Å². The molecule has 37 heavy (non-hydrogen) atoms. The molecule has 1 heterocycles. The van der Waals surface area contributed by atoms with E-state index in [2.05, 4.69) is 9.88 Å². The second-order valence-corrected chi connectivity index (χ2v) is 8.76. The van der Waals surface area contributed by atoms with Crippen LogP contribution in [0, 0.1) is 12.3 Å². The van der Waals surface area contributed by atoms with Crippen molar-refractivity contribution in [3.05, 3.63) is 89.2 Å². The average Bonchev–Trinajstić information content (AvgIpc) is 3.24. The van der Waals surface area contributed by atoms with Gasteiger partial charge in [-0.1, -0.05) is 12.1 Å². The van der Waals surface area contributed by atoms with Crippen molar-refractivity contribution in [3.63, 3.8) is 0 Å². The van der Waals surface area contributed by atoms with Gasteiger partial charge in [-0.15, -0.1) is 0 Å². The van der Waals surface area contributed by atoms with E-state index in [1.807, 2.05) is 56.3 Å². The maximum atomic E-state index is 13.5. The van der Waals surface area contributed by atoms with E-state index < -0.39 is 5.97 Å². The van der Waals surface area contributed by atoms with Crippen molar-refractivity contribution in [1.82, 2.24) is 9.55 Å². The van der Waals surface area contributed by atoms with Crippen LogP contribution >= 0.6 is 0 Å². The quantitative estimate of drug-likeness (QED) is 0.189. The first-order valence-corrected chi connectivity index (χ1v) is 12.0. The Morgan fingerprint density at radius 1 is 1.08 bits per heavy atom. The van der Waals surface area contributed by atoms with Gasteiger partial charge in [-0.25, -0.2) is 4.98 Å². The number of anilines is 2. The van der Waals surface area contributed by atoms with Gasteiger partial charge in [-0.2, -0.15) is 0 Å². The lowest BCUT2D eigenvalue weighted by Crippen LogP contribution is -2.33. The van der Waals surface area contributed by atoms with Crippen LogP contribution in [0.25, 0.3) is 11.0 Å². The maximum absolute atomic E-state index is 13.5. The minimum absolute atomic E-state index is 0.0219. The number of carbonyl (C=O) groups is 2. The van der Waals surface area contributed by atoms with Crippen molar-refractivity contribution in [2.75, 3.05) is 16.8 Å². The van der Waals surface area contributed by atoms with Gasteiger partial charge in [0, 0.05) is 35.6 Å². The van der Waals surface area contributed by atoms with Crippen LogP contribution in [0.5, 0.6) is 0 Å². The lowest BCUT2D eigenvalue weighted by molar-refractivity contribution is -0.136. The van der Waals surface area contributed by atoms with E-state index in [0.717, 1.165) is 22.6 Å². The molecule has 190 valence electrons. The van der Waals surface area contributed by atoms with Gasteiger partial charge in [-0.3, -0.25) is 15.0 Å². The van der Waals surface area contributed by atoms with Gasteiger partial charge in [-0.05, 0) is 74.0 Å².